The molecule has 0 aliphatic carbocycles. The highest BCUT2D eigenvalue weighted by Crippen LogP contribution is 2.22. The Labute approximate surface area is 102 Å². The van der Waals surface area contributed by atoms with Crippen molar-refractivity contribution in [2.45, 2.75) is 25.8 Å². The zero-order valence-corrected chi connectivity index (χ0v) is 10.4. The third kappa shape index (κ3) is 3.20. The summed E-state index contributed by atoms with van der Waals surface area (Å²) in [5.41, 5.74) is 5.63. The predicted octanol–water partition coefficient (Wildman–Crippen LogP) is 0.731. The molecule has 1 aromatic rings. The molecule has 0 aromatic carbocycles. The molecule has 17 heavy (non-hydrogen) atoms. The first kappa shape index (κ1) is 12.4. The van der Waals surface area contributed by atoms with Crippen molar-refractivity contribution in [1.29, 1.82) is 0 Å². The fourth-order valence-electron chi connectivity index (χ4n) is 2.42. The first-order valence-electron chi connectivity index (χ1n) is 6.33. The Kier molecular flexibility index (Phi) is 4.02. The minimum Gasteiger partial charge on any atom is -0.396 e. The van der Waals surface area contributed by atoms with Gasteiger partial charge in [-0.2, -0.15) is 5.10 Å². The number of nitrogens with zero attached hydrogens (tertiary/aromatic N) is 3. The average Bonchev–Trinajstić information content (AvgIpc) is 2.77. The third-order valence-corrected chi connectivity index (χ3v) is 3.44. The molecule has 96 valence electrons. The summed E-state index contributed by atoms with van der Waals surface area (Å²) in [4.78, 5) is 2.42. The molecule has 3 N–H and O–H groups in total. The van der Waals surface area contributed by atoms with Gasteiger partial charge in [-0.15, -0.1) is 0 Å². The van der Waals surface area contributed by atoms with Gasteiger partial charge in [0.2, 0.25) is 0 Å². The first-order valence-corrected chi connectivity index (χ1v) is 6.33. The average molecular weight is 238 g/mol. The smallest absolute Gasteiger partial charge is 0.145 e. The number of likely N-dealkylation sites (tertiary alicyclic amines) is 1. The molecule has 5 heteroatoms. The monoisotopic (exact) mass is 238 g/mol. The Bertz CT molecular complexity index is 344. The van der Waals surface area contributed by atoms with Crippen molar-refractivity contribution >= 4 is 5.82 Å². The van der Waals surface area contributed by atoms with Gasteiger partial charge in [-0.1, -0.05) is 6.92 Å². The van der Waals surface area contributed by atoms with Crippen LogP contribution in [0.3, 0.4) is 0 Å². The van der Waals surface area contributed by atoms with E-state index in [9.17, 15) is 0 Å². The number of aliphatic hydroxyl groups is 1. The van der Waals surface area contributed by atoms with E-state index in [0.717, 1.165) is 32.5 Å². The largest absolute Gasteiger partial charge is 0.396 e. The van der Waals surface area contributed by atoms with E-state index in [0.29, 0.717) is 17.8 Å². The molecule has 2 heterocycles. The van der Waals surface area contributed by atoms with E-state index in [4.69, 9.17) is 10.8 Å². The molecule has 1 atom stereocenters. The molecule has 5 nitrogen and oxygen atoms in total. The van der Waals surface area contributed by atoms with Crippen LogP contribution in [-0.2, 0) is 0 Å². The second-order valence-electron chi connectivity index (χ2n) is 5.04. The molecule has 0 radical (unpaired) electrons. The first-order chi connectivity index (χ1) is 8.19. The lowest BCUT2D eigenvalue weighted by molar-refractivity contribution is 0.134. The summed E-state index contributed by atoms with van der Waals surface area (Å²) >= 11 is 0. The van der Waals surface area contributed by atoms with Crippen LogP contribution in [0.5, 0.6) is 0 Å². The Balaban J connectivity index is 1.82. The molecular formula is C12H22N4O. The van der Waals surface area contributed by atoms with Crippen LogP contribution in [-0.4, -0.2) is 46.0 Å². The van der Waals surface area contributed by atoms with E-state index < -0.39 is 0 Å². The minimum atomic E-state index is 0.273. The molecule has 1 aliphatic heterocycles. The SMILES string of the molecule is CC(CO)CN1CCC(n2ccc(N)n2)CC1. The predicted molar refractivity (Wildman–Crippen MR) is 67.6 cm³/mol. The number of aromatic nitrogens is 2. The fraction of sp³-hybridized carbons (Fsp3) is 0.750. The highest BCUT2D eigenvalue weighted by molar-refractivity contribution is 5.24. The van der Waals surface area contributed by atoms with Crippen LogP contribution in [0, 0.1) is 5.92 Å². The summed E-state index contributed by atoms with van der Waals surface area (Å²) in [6.07, 6.45) is 4.19. The molecule has 0 saturated carbocycles. The fourth-order valence-corrected chi connectivity index (χ4v) is 2.42. The van der Waals surface area contributed by atoms with Crippen LogP contribution in [0.2, 0.25) is 0 Å². The third-order valence-electron chi connectivity index (χ3n) is 3.44. The van der Waals surface area contributed by atoms with E-state index in [1.54, 1.807) is 0 Å². The van der Waals surface area contributed by atoms with Crippen LogP contribution in [0.4, 0.5) is 5.82 Å². The van der Waals surface area contributed by atoms with Crippen molar-refractivity contribution in [2.24, 2.45) is 5.92 Å². The lowest BCUT2D eigenvalue weighted by Gasteiger charge is -2.33. The topological polar surface area (TPSA) is 67.3 Å². The van der Waals surface area contributed by atoms with Gasteiger partial charge in [-0.05, 0) is 24.8 Å². The van der Waals surface area contributed by atoms with Gasteiger partial charge < -0.3 is 15.7 Å². The van der Waals surface area contributed by atoms with Crippen LogP contribution in [0.15, 0.2) is 12.3 Å². The molecule has 0 bridgehead atoms. The maximum atomic E-state index is 9.04. The van der Waals surface area contributed by atoms with Crippen LogP contribution in [0.1, 0.15) is 25.8 Å². The van der Waals surface area contributed by atoms with Gasteiger partial charge >= 0.3 is 0 Å². The molecule has 1 fully saturated rings. The van der Waals surface area contributed by atoms with Gasteiger partial charge in [0.15, 0.2) is 0 Å². The van der Waals surface area contributed by atoms with E-state index in [2.05, 4.69) is 16.9 Å². The number of hydrogen-bond acceptors (Lipinski definition) is 4. The van der Waals surface area contributed by atoms with Crippen molar-refractivity contribution in [1.82, 2.24) is 14.7 Å². The molecular weight excluding hydrogens is 216 g/mol. The lowest BCUT2D eigenvalue weighted by atomic mass is 10.0. The Morgan fingerprint density at radius 3 is 2.76 bits per heavy atom. The van der Waals surface area contributed by atoms with Crippen molar-refractivity contribution in [3.05, 3.63) is 12.3 Å². The van der Waals surface area contributed by atoms with E-state index in [1.165, 1.54) is 0 Å². The van der Waals surface area contributed by atoms with E-state index in [1.807, 2.05) is 16.9 Å². The van der Waals surface area contributed by atoms with Crippen molar-refractivity contribution in [2.75, 3.05) is 32.0 Å². The van der Waals surface area contributed by atoms with Crippen LogP contribution in [0.25, 0.3) is 0 Å². The normalized spacial score (nSPS) is 20.6. The van der Waals surface area contributed by atoms with Gasteiger partial charge in [0.1, 0.15) is 5.82 Å². The number of rotatable bonds is 4. The van der Waals surface area contributed by atoms with Gasteiger partial charge in [-0.25, -0.2) is 0 Å². The Morgan fingerprint density at radius 1 is 1.53 bits per heavy atom. The van der Waals surface area contributed by atoms with Gasteiger partial charge in [-0.3, -0.25) is 4.68 Å². The lowest BCUT2D eigenvalue weighted by Crippen LogP contribution is -2.38. The van der Waals surface area contributed by atoms with Gasteiger partial charge in [0.05, 0.1) is 6.04 Å². The number of anilines is 1. The number of aliphatic hydroxyl groups excluding tert-OH is 1. The summed E-state index contributed by atoms with van der Waals surface area (Å²) in [5, 5.41) is 13.3. The van der Waals surface area contributed by atoms with Crippen LogP contribution >= 0.6 is 0 Å². The number of piperidine rings is 1. The summed E-state index contributed by atoms with van der Waals surface area (Å²) in [6.45, 7) is 5.50. The molecule has 1 aromatic heterocycles. The standard InChI is InChI=1S/C12H22N4O/c1-10(9-17)8-15-5-2-11(3-6-15)16-7-4-12(13)14-16/h4,7,10-11,17H,2-3,5-6,8-9H2,1H3,(H2,13,14). The van der Waals surface area contributed by atoms with Crippen molar-refractivity contribution in [3.63, 3.8) is 0 Å². The van der Waals surface area contributed by atoms with E-state index >= 15 is 0 Å². The van der Waals surface area contributed by atoms with Crippen molar-refractivity contribution in [3.8, 4) is 0 Å². The van der Waals surface area contributed by atoms with Gasteiger partial charge in [0.25, 0.3) is 0 Å². The second kappa shape index (κ2) is 5.51. The van der Waals surface area contributed by atoms with E-state index in [-0.39, 0.29) is 6.61 Å². The molecule has 0 amide bonds. The molecule has 0 spiro atoms. The summed E-state index contributed by atoms with van der Waals surface area (Å²) < 4.78 is 1.99. The minimum absolute atomic E-state index is 0.273. The second-order valence-corrected chi connectivity index (χ2v) is 5.04. The maximum Gasteiger partial charge on any atom is 0.145 e. The van der Waals surface area contributed by atoms with Crippen molar-refractivity contribution < 1.29 is 5.11 Å². The number of nitrogens with two attached hydrogens (primary N) is 1. The Morgan fingerprint density at radius 2 is 2.24 bits per heavy atom. The highest BCUT2D eigenvalue weighted by Gasteiger charge is 2.21. The maximum absolute atomic E-state index is 9.04. The molecule has 2 rings (SSSR count). The Hall–Kier alpha value is -1.07. The van der Waals surface area contributed by atoms with Gasteiger partial charge in [0, 0.05) is 32.4 Å². The number of hydrogen-bond donors (Lipinski definition) is 2. The van der Waals surface area contributed by atoms with Crippen LogP contribution < -0.4 is 5.73 Å². The molecule has 1 unspecified atom stereocenters. The molecule has 1 aliphatic rings. The summed E-state index contributed by atoms with van der Waals surface area (Å²) in [6, 6.07) is 2.33. The number of nitrogen functional groups attached to an aromatic ring is 1. The zero-order valence-electron chi connectivity index (χ0n) is 10.4. The zero-order chi connectivity index (χ0) is 12.3. The quantitative estimate of drug-likeness (QED) is 0.811. The summed E-state index contributed by atoms with van der Waals surface area (Å²) in [7, 11) is 0. The highest BCUT2D eigenvalue weighted by atomic mass is 16.3. The molecule has 1 saturated heterocycles. The summed E-state index contributed by atoms with van der Waals surface area (Å²) in [5.74, 6) is 0.966.